The molecular weight excluding hydrogens is 444 g/mol. The topological polar surface area (TPSA) is 98.9 Å². The van der Waals surface area contributed by atoms with Crippen LogP contribution < -0.4 is 4.90 Å². The van der Waals surface area contributed by atoms with E-state index in [2.05, 4.69) is 9.88 Å². The fourth-order valence-electron chi connectivity index (χ4n) is 4.82. The van der Waals surface area contributed by atoms with E-state index < -0.39 is 18.0 Å². The third-order valence-electron chi connectivity index (χ3n) is 6.54. The van der Waals surface area contributed by atoms with Gasteiger partial charge in [-0.3, -0.25) is 9.69 Å². The molecule has 1 aliphatic rings. The molecule has 2 aromatic carbocycles. The lowest BCUT2D eigenvalue weighted by Gasteiger charge is -2.38. The van der Waals surface area contributed by atoms with E-state index in [9.17, 15) is 19.8 Å². The van der Waals surface area contributed by atoms with Crippen molar-refractivity contribution < 1.29 is 19.8 Å². The number of aliphatic carboxylic acids is 1. The number of aromatic carboxylic acids is 1. The number of fused-ring (bicyclic) bond motifs is 1. The van der Waals surface area contributed by atoms with Gasteiger partial charge in [0.1, 0.15) is 11.9 Å². The number of benzene rings is 2. The van der Waals surface area contributed by atoms with Gasteiger partial charge in [0.2, 0.25) is 0 Å². The Morgan fingerprint density at radius 3 is 2.31 bits per heavy atom. The van der Waals surface area contributed by atoms with Crippen molar-refractivity contribution in [1.82, 2.24) is 14.5 Å². The van der Waals surface area contributed by atoms with Crippen molar-refractivity contribution in [2.75, 3.05) is 31.1 Å². The van der Waals surface area contributed by atoms with E-state index in [1.165, 1.54) is 0 Å². The molecule has 1 atom stereocenters. The number of nitrogens with zero attached hydrogens (tertiary/aromatic N) is 4. The predicted octanol–water partition coefficient (Wildman–Crippen LogP) is 3.73. The number of rotatable bonds is 7. The molecule has 1 saturated heterocycles. The molecule has 1 fully saturated rings. The van der Waals surface area contributed by atoms with Crippen molar-refractivity contribution in [1.29, 1.82) is 0 Å². The Bertz CT molecular complexity index is 1350. The van der Waals surface area contributed by atoms with Crippen molar-refractivity contribution in [2.45, 2.75) is 12.6 Å². The van der Waals surface area contributed by atoms with Gasteiger partial charge in [0.15, 0.2) is 0 Å². The molecule has 1 aliphatic heterocycles. The maximum Gasteiger partial charge on any atom is 0.335 e. The molecule has 8 nitrogen and oxygen atoms in total. The lowest BCUT2D eigenvalue weighted by molar-refractivity contribution is -0.143. The van der Waals surface area contributed by atoms with Crippen LogP contribution in [0, 0.1) is 0 Å². The number of hydrogen-bond acceptors (Lipinski definition) is 5. The van der Waals surface area contributed by atoms with Gasteiger partial charge in [-0.05, 0) is 29.8 Å². The molecule has 1 unspecified atom stereocenters. The number of piperazine rings is 1. The van der Waals surface area contributed by atoms with Gasteiger partial charge in [-0.2, -0.15) is 0 Å². The van der Waals surface area contributed by atoms with Crippen LogP contribution >= 0.6 is 0 Å². The number of aromatic nitrogens is 2. The smallest absolute Gasteiger partial charge is 0.335 e. The molecule has 2 aromatic heterocycles. The zero-order chi connectivity index (χ0) is 24.4. The molecule has 8 heteroatoms. The first-order valence-electron chi connectivity index (χ1n) is 11.5. The molecule has 2 N–H and O–H groups in total. The van der Waals surface area contributed by atoms with Crippen LogP contribution in [0.5, 0.6) is 0 Å². The first-order valence-corrected chi connectivity index (χ1v) is 11.5. The van der Waals surface area contributed by atoms with Crippen LogP contribution in [0.15, 0.2) is 79.1 Å². The highest BCUT2D eigenvalue weighted by Gasteiger charge is 2.33. The molecule has 35 heavy (non-hydrogen) atoms. The lowest BCUT2D eigenvalue weighted by Crippen LogP contribution is -2.49. The molecule has 0 saturated carbocycles. The Kier molecular flexibility index (Phi) is 6.20. The van der Waals surface area contributed by atoms with Crippen LogP contribution in [-0.2, 0) is 11.3 Å². The lowest BCUT2D eigenvalue weighted by atomic mass is 10.0. The van der Waals surface area contributed by atoms with E-state index in [0.717, 1.165) is 16.8 Å². The van der Waals surface area contributed by atoms with Gasteiger partial charge in [-0.25, -0.2) is 9.78 Å². The Hall–Kier alpha value is -4.17. The molecule has 5 rings (SSSR count). The molecule has 0 amide bonds. The second-order valence-electron chi connectivity index (χ2n) is 8.69. The zero-order valence-electron chi connectivity index (χ0n) is 19.1. The number of carboxylic acid groups (broad SMARTS) is 2. The van der Waals surface area contributed by atoms with Crippen molar-refractivity contribution >= 4 is 28.7 Å². The van der Waals surface area contributed by atoms with Crippen LogP contribution in [0.4, 0.5) is 5.82 Å². The highest BCUT2D eigenvalue weighted by molar-refractivity contribution is 5.96. The molecule has 4 aromatic rings. The first kappa shape index (κ1) is 22.6. The van der Waals surface area contributed by atoms with Crippen LogP contribution in [-0.4, -0.2) is 62.8 Å². The second kappa shape index (κ2) is 9.60. The SMILES string of the molecule is O=C(O)c1ccc2c(C(C(=O)O)N3CCN(c4ccccn4)CC3)cn(Cc3ccccc3)c2c1. The van der Waals surface area contributed by atoms with Crippen molar-refractivity contribution in [3.8, 4) is 0 Å². The summed E-state index contributed by atoms with van der Waals surface area (Å²) in [5.41, 5.74) is 2.61. The highest BCUT2D eigenvalue weighted by Crippen LogP contribution is 2.33. The van der Waals surface area contributed by atoms with Crippen molar-refractivity contribution in [2.24, 2.45) is 0 Å². The molecule has 0 radical (unpaired) electrons. The number of carbonyl (C=O) groups is 2. The Balaban J connectivity index is 1.50. The van der Waals surface area contributed by atoms with E-state index in [1.54, 1.807) is 24.4 Å². The quantitative estimate of drug-likeness (QED) is 0.425. The summed E-state index contributed by atoms with van der Waals surface area (Å²) < 4.78 is 1.95. The Labute approximate surface area is 202 Å². The van der Waals surface area contributed by atoms with Gasteiger partial charge >= 0.3 is 11.9 Å². The first-order chi connectivity index (χ1) is 17.0. The van der Waals surface area contributed by atoms with Crippen LogP contribution in [0.25, 0.3) is 10.9 Å². The summed E-state index contributed by atoms with van der Waals surface area (Å²) in [6.07, 6.45) is 3.63. The summed E-state index contributed by atoms with van der Waals surface area (Å²) in [5, 5.41) is 20.6. The third-order valence-corrected chi connectivity index (χ3v) is 6.54. The summed E-state index contributed by atoms with van der Waals surface area (Å²) in [6.45, 7) is 3.01. The van der Waals surface area contributed by atoms with E-state index in [-0.39, 0.29) is 5.56 Å². The van der Waals surface area contributed by atoms with E-state index >= 15 is 0 Å². The molecule has 0 spiro atoms. The zero-order valence-corrected chi connectivity index (χ0v) is 19.1. The number of carboxylic acids is 2. The van der Waals surface area contributed by atoms with Gasteiger partial charge in [0.25, 0.3) is 0 Å². The maximum atomic E-state index is 12.6. The molecule has 178 valence electrons. The number of hydrogen-bond donors (Lipinski definition) is 2. The van der Waals surface area contributed by atoms with Crippen LogP contribution in [0.2, 0.25) is 0 Å². The van der Waals surface area contributed by atoms with Gasteiger partial charge in [-0.15, -0.1) is 0 Å². The van der Waals surface area contributed by atoms with Crippen molar-refractivity contribution in [3.05, 3.63) is 95.8 Å². The normalized spacial score (nSPS) is 15.3. The minimum atomic E-state index is -1.01. The number of pyridine rings is 1. The Morgan fingerprint density at radius 2 is 1.66 bits per heavy atom. The third kappa shape index (κ3) is 4.61. The van der Waals surface area contributed by atoms with Gasteiger partial charge in [0, 0.05) is 61.6 Å². The van der Waals surface area contributed by atoms with Gasteiger partial charge < -0.3 is 19.7 Å². The standard InChI is InChI=1S/C27H26N4O4/c32-26(33)20-9-10-21-22(18-31(23(21)16-20)17-19-6-2-1-3-7-19)25(27(34)35)30-14-12-29(13-15-30)24-8-4-5-11-28-24/h1-11,16,18,25H,12-15,17H2,(H,32,33)(H,34,35). The largest absolute Gasteiger partial charge is 0.480 e. The maximum absolute atomic E-state index is 12.6. The van der Waals surface area contributed by atoms with Gasteiger partial charge in [-0.1, -0.05) is 42.5 Å². The van der Waals surface area contributed by atoms with E-state index in [4.69, 9.17) is 0 Å². The average Bonchev–Trinajstić information content (AvgIpc) is 3.22. The molecule has 0 bridgehead atoms. The van der Waals surface area contributed by atoms with E-state index in [0.29, 0.717) is 43.8 Å². The minimum absolute atomic E-state index is 0.173. The summed E-state index contributed by atoms with van der Waals surface area (Å²) in [5.74, 6) is -1.04. The minimum Gasteiger partial charge on any atom is -0.480 e. The summed E-state index contributed by atoms with van der Waals surface area (Å²) in [4.78, 5) is 32.8. The monoisotopic (exact) mass is 470 g/mol. The fourth-order valence-corrected chi connectivity index (χ4v) is 4.82. The van der Waals surface area contributed by atoms with Crippen molar-refractivity contribution in [3.63, 3.8) is 0 Å². The summed E-state index contributed by atoms with van der Waals surface area (Å²) >= 11 is 0. The summed E-state index contributed by atoms with van der Waals surface area (Å²) in [6, 6.07) is 19.7. The van der Waals surface area contributed by atoms with E-state index in [1.807, 2.05) is 64.2 Å². The highest BCUT2D eigenvalue weighted by atomic mass is 16.4. The molecule has 0 aliphatic carbocycles. The van der Waals surface area contributed by atoms with Crippen LogP contribution in [0.3, 0.4) is 0 Å². The van der Waals surface area contributed by atoms with Crippen LogP contribution in [0.1, 0.15) is 27.5 Å². The predicted molar refractivity (Wildman–Crippen MR) is 133 cm³/mol. The fraction of sp³-hybridized carbons (Fsp3) is 0.222. The second-order valence-corrected chi connectivity index (χ2v) is 8.69. The van der Waals surface area contributed by atoms with Gasteiger partial charge in [0.05, 0.1) is 5.56 Å². The number of anilines is 1. The summed E-state index contributed by atoms with van der Waals surface area (Å²) in [7, 11) is 0. The molecular formula is C27H26N4O4. The Morgan fingerprint density at radius 1 is 0.914 bits per heavy atom. The average molecular weight is 471 g/mol. The molecule has 3 heterocycles.